The zero-order valence-corrected chi connectivity index (χ0v) is 21.4. The monoisotopic (exact) mass is 502 g/mol. The van der Waals surface area contributed by atoms with E-state index in [9.17, 15) is 9.59 Å². The van der Waals surface area contributed by atoms with Gasteiger partial charge in [-0.3, -0.25) is 9.59 Å². The Bertz CT molecular complexity index is 1370. The molecule has 1 aliphatic rings. The summed E-state index contributed by atoms with van der Waals surface area (Å²) in [6, 6.07) is 12.4. The largest absolute Gasteiger partial charge is 0.496 e. The molecular formula is C28H30N4O3S. The van der Waals surface area contributed by atoms with E-state index in [1.165, 1.54) is 27.8 Å². The third-order valence-electron chi connectivity index (χ3n) is 7.07. The first kappa shape index (κ1) is 24.1. The number of H-pyrrole nitrogens is 1. The van der Waals surface area contributed by atoms with Crippen molar-refractivity contribution in [3.05, 3.63) is 64.7 Å². The number of piperidine rings is 1. The fourth-order valence-electron chi connectivity index (χ4n) is 5.15. The minimum Gasteiger partial charge on any atom is -0.496 e. The average molecular weight is 503 g/mol. The number of aromatic nitrogens is 2. The van der Waals surface area contributed by atoms with Crippen LogP contribution in [0.5, 0.6) is 5.75 Å². The van der Waals surface area contributed by atoms with E-state index in [2.05, 4.69) is 40.4 Å². The molecule has 2 aromatic carbocycles. The van der Waals surface area contributed by atoms with Crippen LogP contribution < -0.4 is 10.1 Å². The van der Waals surface area contributed by atoms with Gasteiger partial charge in [-0.2, -0.15) is 0 Å². The first-order chi connectivity index (χ1) is 17.6. The van der Waals surface area contributed by atoms with Gasteiger partial charge in [0.25, 0.3) is 0 Å². The summed E-state index contributed by atoms with van der Waals surface area (Å²) in [7, 11) is 1.57. The lowest BCUT2D eigenvalue weighted by atomic mass is 9.88. The van der Waals surface area contributed by atoms with Crippen LogP contribution in [-0.4, -0.2) is 53.8 Å². The highest BCUT2D eigenvalue weighted by molar-refractivity contribution is 7.13. The molecule has 0 aliphatic carbocycles. The fraction of sp³-hybridized carbons (Fsp3) is 0.321. The molecule has 0 bridgehead atoms. The molecule has 0 saturated carbocycles. The molecule has 0 unspecified atom stereocenters. The molecule has 36 heavy (non-hydrogen) atoms. The summed E-state index contributed by atoms with van der Waals surface area (Å²) >= 11 is 1.50. The van der Waals surface area contributed by atoms with Crippen molar-refractivity contribution in [1.82, 2.24) is 14.9 Å². The van der Waals surface area contributed by atoms with E-state index in [4.69, 9.17) is 4.74 Å². The average Bonchev–Trinajstić information content (AvgIpc) is 3.58. The first-order valence-electron chi connectivity index (χ1n) is 12.3. The third kappa shape index (κ3) is 4.73. The number of thiazole rings is 1. The summed E-state index contributed by atoms with van der Waals surface area (Å²) in [6.07, 6.45) is 5.35. The van der Waals surface area contributed by atoms with Crippen molar-refractivity contribution >= 4 is 39.6 Å². The van der Waals surface area contributed by atoms with Crippen LogP contribution in [0, 0.1) is 0 Å². The van der Waals surface area contributed by atoms with Crippen LogP contribution in [0.3, 0.4) is 0 Å². The Morgan fingerprint density at radius 2 is 2.08 bits per heavy atom. The van der Waals surface area contributed by atoms with Crippen molar-refractivity contribution in [3.63, 3.8) is 0 Å². The Morgan fingerprint density at radius 1 is 1.25 bits per heavy atom. The van der Waals surface area contributed by atoms with Crippen LogP contribution in [0.1, 0.15) is 47.2 Å². The van der Waals surface area contributed by atoms with E-state index >= 15 is 0 Å². The molecule has 4 aromatic rings. The minimum absolute atomic E-state index is 0.122. The van der Waals surface area contributed by atoms with Gasteiger partial charge in [0, 0.05) is 41.3 Å². The second-order valence-electron chi connectivity index (χ2n) is 9.06. The zero-order valence-electron chi connectivity index (χ0n) is 20.5. The molecule has 1 aliphatic heterocycles. The maximum absolute atomic E-state index is 12.6. The summed E-state index contributed by atoms with van der Waals surface area (Å²) in [5.74, 6) is 1.13. The number of aromatic amines is 1. The molecule has 0 atom stereocenters. The highest BCUT2D eigenvalue weighted by Crippen LogP contribution is 2.36. The molecule has 2 N–H and O–H groups in total. The molecule has 1 amide bonds. The standard InChI is InChI=1S/C28H30N4O3S/c1-3-22-23-15-19(18-8-11-32(12-9-18)26(34)16-30-28-29-10-13-36-28)4-6-24(23)31-27(22)20-5-7-25(35-2)21(14-20)17-33/h4-7,10,13-15,17-18,31H,3,8-9,11-12,16H2,1-2H3,(H,29,30). The molecule has 0 radical (unpaired) electrons. The number of rotatable bonds is 8. The van der Waals surface area contributed by atoms with Crippen LogP contribution in [-0.2, 0) is 11.2 Å². The molecular weight excluding hydrogens is 472 g/mol. The van der Waals surface area contributed by atoms with E-state index in [1.807, 2.05) is 28.5 Å². The number of ether oxygens (including phenoxy) is 1. The first-order valence-corrected chi connectivity index (χ1v) is 13.2. The van der Waals surface area contributed by atoms with Crippen molar-refractivity contribution in [2.45, 2.75) is 32.1 Å². The van der Waals surface area contributed by atoms with Crippen molar-refractivity contribution in [3.8, 4) is 17.0 Å². The van der Waals surface area contributed by atoms with E-state index < -0.39 is 0 Å². The molecule has 0 spiro atoms. The normalized spacial score (nSPS) is 14.2. The van der Waals surface area contributed by atoms with Gasteiger partial charge < -0.3 is 19.9 Å². The number of anilines is 1. The number of methoxy groups -OCH3 is 1. The van der Waals surface area contributed by atoms with Gasteiger partial charge in [0.15, 0.2) is 11.4 Å². The Kier molecular flexibility index (Phi) is 7.04. The Hall–Kier alpha value is -3.65. The summed E-state index contributed by atoms with van der Waals surface area (Å²) in [5, 5.41) is 7.01. The number of amides is 1. The van der Waals surface area contributed by atoms with Gasteiger partial charge in [-0.1, -0.05) is 13.0 Å². The number of carbonyl (C=O) groups excluding carboxylic acids is 2. The molecule has 8 heteroatoms. The van der Waals surface area contributed by atoms with Gasteiger partial charge in [0.1, 0.15) is 5.75 Å². The SMILES string of the molecule is CCc1c(-c2ccc(OC)c(C=O)c2)[nH]c2ccc(C3CCN(C(=O)CNc4nccs4)CC3)cc12. The maximum Gasteiger partial charge on any atom is 0.241 e. The van der Waals surface area contributed by atoms with Crippen LogP contribution in [0.2, 0.25) is 0 Å². The lowest BCUT2D eigenvalue weighted by Gasteiger charge is -2.32. The predicted octanol–water partition coefficient (Wildman–Crippen LogP) is 5.49. The number of benzene rings is 2. The van der Waals surface area contributed by atoms with E-state index in [-0.39, 0.29) is 12.5 Å². The lowest BCUT2D eigenvalue weighted by molar-refractivity contribution is -0.130. The summed E-state index contributed by atoms with van der Waals surface area (Å²) in [6.45, 7) is 3.97. The highest BCUT2D eigenvalue weighted by atomic mass is 32.1. The molecule has 3 heterocycles. The molecule has 7 nitrogen and oxygen atoms in total. The third-order valence-corrected chi connectivity index (χ3v) is 7.80. The Morgan fingerprint density at radius 3 is 2.78 bits per heavy atom. The smallest absolute Gasteiger partial charge is 0.241 e. The summed E-state index contributed by atoms with van der Waals surface area (Å²) in [5.41, 5.74) is 6.22. The quantitative estimate of drug-likeness (QED) is 0.311. The van der Waals surface area contributed by atoms with Crippen molar-refractivity contribution in [2.24, 2.45) is 0 Å². The van der Waals surface area contributed by atoms with Gasteiger partial charge in [-0.05, 0) is 72.2 Å². The van der Waals surface area contributed by atoms with E-state index in [0.29, 0.717) is 17.2 Å². The second kappa shape index (κ2) is 10.5. The van der Waals surface area contributed by atoms with Crippen LogP contribution in [0.15, 0.2) is 48.0 Å². The van der Waals surface area contributed by atoms with Crippen molar-refractivity contribution in [2.75, 3.05) is 32.1 Å². The number of nitrogens with one attached hydrogen (secondary N) is 2. The van der Waals surface area contributed by atoms with Gasteiger partial charge in [0.05, 0.1) is 19.2 Å². The topological polar surface area (TPSA) is 87.3 Å². The van der Waals surface area contributed by atoms with Gasteiger partial charge in [0.2, 0.25) is 5.91 Å². The number of aryl methyl sites for hydroxylation is 1. The molecule has 1 fully saturated rings. The zero-order chi connectivity index (χ0) is 25.1. The number of carbonyl (C=O) groups is 2. The second-order valence-corrected chi connectivity index (χ2v) is 9.95. The van der Waals surface area contributed by atoms with Gasteiger partial charge in [-0.25, -0.2) is 4.98 Å². The number of nitrogens with zero attached hydrogens (tertiary/aromatic N) is 2. The Balaban J connectivity index is 1.32. The number of likely N-dealkylation sites (tertiary alicyclic amines) is 1. The number of hydrogen-bond donors (Lipinski definition) is 2. The van der Waals surface area contributed by atoms with E-state index in [0.717, 1.165) is 60.5 Å². The van der Waals surface area contributed by atoms with Crippen LogP contribution >= 0.6 is 11.3 Å². The lowest BCUT2D eigenvalue weighted by Crippen LogP contribution is -2.40. The molecule has 2 aromatic heterocycles. The fourth-order valence-corrected chi connectivity index (χ4v) is 5.68. The Labute approximate surface area is 214 Å². The van der Waals surface area contributed by atoms with E-state index in [1.54, 1.807) is 13.3 Å². The predicted molar refractivity (Wildman–Crippen MR) is 144 cm³/mol. The summed E-state index contributed by atoms with van der Waals surface area (Å²) < 4.78 is 5.31. The number of hydrogen-bond acceptors (Lipinski definition) is 6. The molecule has 186 valence electrons. The summed E-state index contributed by atoms with van der Waals surface area (Å²) in [4.78, 5) is 33.9. The molecule has 5 rings (SSSR count). The number of fused-ring (bicyclic) bond motifs is 1. The molecule has 1 saturated heterocycles. The highest BCUT2D eigenvalue weighted by Gasteiger charge is 2.24. The minimum atomic E-state index is 0.122. The van der Waals surface area contributed by atoms with Crippen LogP contribution in [0.25, 0.3) is 22.2 Å². The maximum atomic E-state index is 12.6. The van der Waals surface area contributed by atoms with Gasteiger partial charge in [-0.15, -0.1) is 11.3 Å². The van der Waals surface area contributed by atoms with Crippen LogP contribution in [0.4, 0.5) is 5.13 Å². The number of aldehydes is 1. The van der Waals surface area contributed by atoms with Gasteiger partial charge >= 0.3 is 0 Å². The van der Waals surface area contributed by atoms with Crippen molar-refractivity contribution < 1.29 is 14.3 Å². The van der Waals surface area contributed by atoms with Crippen molar-refractivity contribution in [1.29, 1.82) is 0 Å².